The third-order valence-corrected chi connectivity index (χ3v) is 24.1. The van der Waals surface area contributed by atoms with Crippen LogP contribution in [0.5, 0.6) is 0 Å². The zero-order chi connectivity index (χ0) is 91.3. The molecular formula is C120H84N14. The smallest absolute Gasteiger partial charge is 0.164 e. The molecule has 24 rings (SSSR count). The molecule has 0 bridgehead atoms. The molecule has 5 aromatic heterocycles. The highest BCUT2D eigenvalue weighted by molar-refractivity contribution is 6.28. The van der Waals surface area contributed by atoms with Crippen molar-refractivity contribution < 1.29 is 4.40 Å². The molecular weight excluding hydrogens is 1640 g/mol. The fraction of sp³-hybridized carbons (Fsp3) is 0. The van der Waals surface area contributed by atoms with Crippen molar-refractivity contribution in [1.82, 2.24) is 59.8 Å². The van der Waals surface area contributed by atoms with Crippen LogP contribution in [0.25, 0.3) is 189 Å². The summed E-state index contributed by atoms with van der Waals surface area (Å²) in [6.45, 7) is 0. The standard InChI is InChI=1S/C48H32N2.C39H27N3.C33H21N9.2H2/c1-3-15-39(16-4-1)49(41-25-19-33-11-7-9-13-37(33)31-41)45-29-23-35-22-28-44-46(30-24-36-21-27-43(45)47(35)48(36)44)50(40-17-5-2-6-18-40)42-26-20-34-12-8-10-14-38(34)32-42;1-4-13-28(14-5-1)31-19-10-22-34(25-31)37-40-38(35-23-11-20-32(26-35)29-15-6-2-7-16-29)42-39(41-37)36-24-12-21-33(27-36)30-17-8-3-9-18-30;1-4-22(28-13-34-19-35-14-28)10-25(7-1)31-40-32(26-8-2-5-23(11-26)29-15-36-20-37-16-29)42-33(41-31)27-9-3-6-24(12-27)30-17-38-21-39-18-30;;/h1-32H;1-27H;1-21H;2*1H/i;;;1+2T;1+2. The fourth-order valence-corrected chi connectivity index (χ4v) is 17.6. The summed E-state index contributed by atoms with van der Waals surface area (Å²) in [6, 6.07) is 151. The Kier molecular flexibility index (Phi) is 22.2. The minimum Gasteiger partial charge on any atom is -0.310 e. The maximum absolute atomic E-state index is 5.03. The number of hydrogen-bond donors (Lipinski definition) is 0. The molecule has 0 unspecified atom stereocenters. The molecule has 0 atom stereocenters. The van der Waals surface area contributed by atoms with Crippen LogP contribution < -0.4 is 9.80 Å². The first-order chi connectivity index (χ1) is 67.4. The second-order valence-electron chi connectivity index (χ2n) is 32.6. The molecule has 19 aromatic carbocycles. The maximum atomic E-state index is 5.03. The van der Waals surface area contributed by atoms with E-state index in [-0.39, 0.29) is 1.43 Å². The summed E-state index contributed by atoms with van der Waals surface area (Å²) < 4.78 is 10.0. The molecule has 0 spiro atoms. The van der Waals surface area contributed by atoms with Crippen LogP contribution in [0.3, 0.4) is 0 Å². The summed E-state index contributed by atoms with van der Waals surface area (Å²) in [7, 11) is 0. The molecule has 5 heterocycles. The van der Waals surface area contributed by atoms with Gasteiger partial charge < -0.3 is 9.80 Å². The van der Waals surface area contributed by atoms with Crippen molar-refractivity contribution in [1.29, 1.82) is 0 Å². The highest BCUT2D eigenvalue weighted by Crippen LogP contribution is 2.49. The number of benzene rings is 19. The highest BCUT2D eigenvalue weighted by Gasteiger charge is 2.25. The number of nitrogens with zero attached hydrogens (tertiary/aromatic N) is 14. The summed E-state index contributed by atoms with van der Waals surface area (Å²) in [4.78, 5) is 59.7. The summed E-state index contributed by atoms with van der Waals surface area (Å²) in [5, 5.41) is 12.4. The molecule has 0 aliphatic rings. The van der Waals surface area contributed by atoms with Gasteiger partial charge in [-0.25, -0.2) is 59.8 Å². The van der Waals surface area contributed by atoms with E-state index < -0.39 is 0 Å². The summed E-state index contributed by atoms with van der Waals surface area (Å²) >= 11 is 0. The average Bonchev–Trinajstić information content (AvgIpc) is 0.716. The summed E-state index contributed by atoms with van der Waals surface area (Å²) in [5.41, 5.74) is 24.7. The van der Waals surface area contributed by atoms with Crippen LogP contribution in [0.1, 0.15) is 4.40 Å². The van der Waals surface area contributed by atoms with Gasteiger partial charge in [0.25, 0.3) is 0 Å². The van der Waals surface area contributed by atoms with E-state index in [0.29, 0.717) is 34.9 Å². The second kappa shape index (κ2) is 37.1. The first-order valence-corrected chi connectivity index (χ1v) is 44.4. The molecule has 0 fully saturated rings. The third-order valence-electron chi connectivity index (χ3n) is 24.1. The topological polar surface area (TPSA) is 161 Å². The van der Waals surface area contributed by atoms with E-state index in [1.165, 1.54) is 72.8 Å². The highest BCUT2D eigenvalue weighted by atomic mass is 15.2. The van der Waals surface area contributed by atoms with Gasteiger partial charge in [-0.15, -0.1) is 0 Å². The number of hydrogen-bond acceptors (Lipinski definition) is 14. The Balaban J connectivity index is 0.000000126. The SMILES string of the molecule is [3HH].[3H][3H].c1cc(-c2cncnc2)cc(-c2nc(-c3cccc(-c4cncnc4)c3)nc(-c3cccc(-c4cncnc4)c3)n2)c1.c1ccc(-c2cccc(-c3nc(-c4cccc(-c5ccccc5)c4)nc(-c4cccc(-c5ccccc5)c4)n3)c2)cc1.c1ccc(N(c2ccc3ccccc3c2)c2ccc3ccc4c(N(c5ccccc5)c5ccc6ccccc6c5)ccc5ccc2c3c54)cc1. The van der Waals surface area contributed by atoms with Gasteiger partial charge >= 0.3 is 0 Å². The Morgan fingerprint density at radius 1 is 0.157 bits per heavy atom. The van der Waals surface area contributed by atoms with Crippen molar-refractivity contribution in [2.24, 2.45) is 0 Å². The molecule has 24 aromatic rings. The Morgan fingerprint density at radius 3 is 0.664 bits per heavy atom. The molecule has 134 heavy (non-hydrogen) atoms. The number of anilines is 6. The predicted molar refractivity (Wildman–Crippen MR) is 550 cm³/mol. The van der Waals surface area contributed by atoms with Crippen molar-refractivity contribution >= 4 is 88.0 Å². The molecule has 0 radical (unpaired) electrons. The fourth-order valence-electron chi connectivity index (χ4n) is 17.6. The van der Waals surface area contributed by atoms with Crippen LogP contribution in [0, 0.1) is 0 Å². The summed E-state index contributed by atoms with van der Waals surface area (Å²) in [6.07, 6.45) is 15.3. The minimum absolute atomic E-state index is 0. The molecule has 14 heteroatoms. The van der Waals surface area contributed by atoms with Gasteiger partial charge in [0.15, 0.2) is 34.9 Å². The van der Waals surface area contributed by atoms with E-state index in [9.17, 15) is 0 Å². The second-order valence-corrected chi connectivity index (χ2v) is 32.6. The van der Waals surface area contributed by atoms with Gasteiger partial charge in [-0.2, -0.15) is 0 Å². The molecule has 0 aliphatic carbocycles. The number of aromatic nitrogens is 12. The van der Waals surface area contributed by atoms with Crippen LogP contribution in [-0.4, -0.2) is 59.8 Å². The average molecular weight is 1730 g/mol. The first-order valence-electron chi connectivity index (χ1n) is 45.4. The Bertz CT molecular complexity index is 7360. The van der Waals surface area contributed by atoms with E-state index in [1.54, 1.807) is 37.2 Å². The van der Waals surface area contributed by atoms with Gasteiger partial charge in [0.2, 0.25) is 0 Å². The minimum atomic E-state index is 0. The van der Waals surface area contributed by atoms with Crippen molar-refractivity contribution in [3.8, 4) is 135 Å². The zero-order valence-electron chi connectivity index (χ0n) is 74.4. The monoisotopic (exact) mass is 1730 g/mol. The van der Waals surface area contributed by atoms with E-state index in [4.69, 9.17) is 32.9 Å². The first kappa shape index (κ1) is 80.2. The molecule has 634 valence electrons. The molecule has 0 N–H and O–H groups in total. The third kappa shape index (κ3) is 17.2. The lowest BCUT2D eigenvalue weighted by Gasteiger charge is -2.29. The number of rotatable bonds is 18. The van der Waals surface area contributed by atoms with E-state index in [0.717, 1.165) is 134 Å². The van der Waals surface area contributed by atoms with Gasteiger partial charge in [0, 0.05) is 125 Å². The van der Waals surface area contributed by atoms with Gasteiger partial charge in [-0.1, -0.05) is 334 Å². The zero-order valence-corrected chi connectivity index (χ0v) is 72.4. The molecule has 0 aliphatic heterocycles. The van der Waals surface area contributed by atoms with Crippen molar-refractivity contribution in [3.63, 3.8) is 0 Å². The Hall–Kier alpha value is -18.4. The van der Waals surface area contributed by atoms with Crippen LogP contribution in [0.2, 0.25) is 0 Å². The molecule has 0 amide bonds. The van der Waals surface area contributed by atoms with E-state index in [1.807, 2.05) is 91.0 Å². The normalized spacial score (nSPS) is 11.2. The van der Waals surface area contributed by atoms with Crippen molar-refractivity contribution in [2.45, 2.75) is 0 Å². The number of fused-ring (bicyclic) bond motifs is 2. The predicted octanol–water partition coefficient (Wildman–Crippen LogP) is 30.4. The van der Waals surface area contributed by atoms with Gasteiger partial charge in [-0.05, 0) is 190 Å². The van der Waals surface area contributed by atoms with E-state index >= 15 is 0 Å². The van der Waals surface area contributed by atoms with Gasteiger partial charge in [-0.3, -0.25) is 0 Å². The summed E-state index contributed by atoms with van der Waals surface area (Å²) in [5.74, 6) is 3.58. The molecule has 14 nitrogen and oxygen atoms in total. The van der Waals surface area contributed by atoms with E-state index in [2.05, 4.69) is 379 Å². The quantitative estimate of drug-likeness (QED) is 0.0746. The Labute approximate surface area is 779 Å². The maximum Gasteiger partial charge on any atom is 0.164 e. The van der Waals surface area contributed by atoms with Gasteiger partial charge in [0.1, 0.15) is 19.0 Å². The largest absolute Gasteiger partial charge is 0.310 e. The number of para-hydroxylation sites is 2. The lowest BCUT2D eigenvalue weighted by molar-refractivity contribution is 1.07. The van der Waals surface area contributed by atoms with Gasteiger partial charge in [0.05, 0.1) is 11.4 Å². The molecule has 0 saturated carbocycles. The van der Waals surface area contributed by atoms with Crippen molar-refractivity contribution in [2.75, 3.05) is 9.80 Å². The lowest BCUT2D eigenvalue weighted by atomic mass is 9.91. The van der Waals surface area contributed by atoms with Crippen LogP contribution in [0.15, 0.2) is 487 Å². The van der Waals surface area contributed by atoms with Crippen LogP contribution >= 0.6 is 0 Å². The van der Waals surface area contributed by atoms with Crippen LogP contribution in [-0.2, 0) is 0 Å². The van der Waals surface area contributed by atoms with Crippen molar-refractivity contribution in [3.05, 3.63) is 487 Å². The van der Waals surface area contributed by atoms with Crippen LogP contribution in [0.4, 0.5) is 34.1 Å². The molecule has 0 saturated heterocycles. The Morgan fingerprint density at radius 2 is 0.381 bits per heavy atom. The lowest BCUT2D eigenvalue weighted by Crippen LogP contribution is -2.11.